The first-order valence-electron chi connectivity index (χ1n) is 4.42. The van der Waals surface area contributed by atoms with Crippen LogP contribution in [0.4, 0.5) is 0 Å². The maximum Gasteiger partial charge on any atom is 0.116 e. The first-order chi connectivity index (χ1) is 6.60. The Bertz CT molecular complexity index is 357. The lowest BCUT2D eigenvalue weighted by atomic mass is 10.1. The van der Waals surface area contributed by atoms with Crippen LogP contribution in [0.25, 0.3) is 0 Å². The minimum Gasteiger partial charge on any atom is -0.508 e. The smallest absolute Gasteiger partial charge is 0.116 e. The minimum atomic E-state index is 0.0312. The molecule has 1 aliphatic rings. The molecular weight excluding hydrogens is 212 g/mol. The Balaban J connectivity index is 2.41. The molecule has 0 aliphatic carbocycles. The van der Waals surface area contributed by atoms with Gasteiger partial charge in [-0.1, -0.05) is 6.07 Å². The molecule has 1 aliphatic heterocycles. The molecule has 14 heavy (non-hydrogen) atoms. The Morgan fingerprint density at radius 1 is 1.14 bits per heavy atom. The van der Waals surface area contributed by atoms with Crippen LogP contribution in [0, 0.1) is 6.92 Å². The van der Waals surface area contributed by atoms with E-state index in [1.807, 2.05) is 13.0 Å². The molecule has 0 fully saturated rings. The molecule has 1 heterocycles. The molecule has 74 valence electrons. The highest BCUT2D eigenvalue weighted by Crippen LogP contribution is 2.52. The lowest BCUT2D eigenvalue weighted by molar-refractivity contribution is 0.474. The van der Waals surface area contributed by atoms with Gasteiger partial charge >= 0.3 is 0 Å². The molecule has 0 radical (unpaired) electrons. The molecule has 0 atom stereocenters. The summed E-state index contributed by atoms with van der Waals surface area (Å²) in [5.41, 5.74) is 2.28. The van der Waals surface area contributed by atoms with Crippen LogP contribution in [-0.4, -0.2) is 5.11 Å². The van der Waals surface area contributed by atoms with Crippen LogP contribution in [0.1, 0.15) is 18.1 Å². The second-order valence-corrected chi connectivity index (χ2v) is 6.42. The zero-order chi connectivity index (χ0) is 10.2. The topological polar surface area (TPSA) is 20.2 Å². The van der Waals surface area contributed by atoms with Crippen LogP contribution in [0.15, 0.2) is 29.0 Å². The van der Waals surface area contributed by atoms with Gasteiger partial charge in [-0.25, -0.2) is 0 Å². The van der Waals surface area contributed by atoms with E-state index in [9.17, 15) is 5.11 Å². The van der Waals surface area contributed by atoms with Gasteiger partial charge in [0.15, 0.2) is 0 Å². The van der Waals surface area contributed by atoms with Crippen LogP contribution in [-0.2, 0) is 4.08 Å². The van der Waals surface area contributed by atoms with Crippen molar-refractivity contribution in [3.63, 3.8) is 0 Å². The summed E-state index contributed by atoms with van der Waals surface area (Å²) >= 11 is 3.57. The summed E-state index contributed by atoms with van der Waals surface area (Å²) < 4.78 is 0.0312. The number of thioether (sulfide) groups is 2. The summed E-state index contributed by atoms with van der Waals surface area (Å²) in [6.07, 6.45) is 0. The van der Waals surface area contributed by atoms with Crippen molar-refractivity contribution in [2.45, 2.75) is 17.9 Å². The number of hydrogen-bond acceptors (Lipinski definition) is 3. The second-order valence-electron chi connectivity index (χ2n) is 3.51. The SMILES string of the molecule is Cc1cc(O)cc(C2(C)SC=CS2)c1. The van der Waals surface area contributed by atoms with Crippen molar-refractivity contribution in [2.24, 2.45) is 0 Å². The van der Waals surface area contributed by atoms with Crippen LogP contribution in [0.3, 0.4) is 0 Å². The van der Waals surface area contributed by atoms with E-state index in [4.69, 9.17) is 0 Å². The van der Waals surface area contributed by atoms with E-state index in [0.29, 0.717) is 5.75 Å². The van der Waals surface area contributed by atoms with Gasteiger partial charge in [0.05, 0.1) is 4.08 Å². The number of hydrogen-bond donors (Lipinski definition) is 1. The number of aromatic hydroxyl groups is 1. The highest BCUT2D eigenvalue weighted by Gasteiger charge is 2.29. The van der Waals surface area contributed by atoms with E-state index in [-0.39, 0.29) is 4.08 Å². The van der Waals surface area contributed by atoms with Gasteiger partial charge in [-0.15, -0.1) is 23.5 Å². The van der Waals surface area contributed by atoms with Gasteiger partial charge in [0, 0.05) is 0 Å². The van der Waals surface area contributed by atoms with Crippen LogP contribution >= 0.6 is 23.5 Å². The molecule has 1 nitrogen and oxygen atoms in total. The van der Waals surface area contributed by atoms with E-state index in [2.05, 4.69) is 23.8 Å². The molecule has 2 rings (SSSR count). The maximum atomic E-state index is 9.53. The quantitative estimate of drug-likeness (QED) is 0.783. The molecule has 0 unspecified atom stereocenters. The fourth-order valence-electron chi connectivity index (χ4n) is 1.50. The van der Waals surface area contributed by atoms with Gasteiger partial charge in [-0.05, 0) is 47.9 Å². The highest BCUT2D eigenvalue weighted by molar-refractivity contribution is 8.22. The third-order valence-corrected chi connectivity index (χ3v) is 4.89. The molecule has 0 saturated carbocycles. The molecule has 0 aromatic heterocycles. The van der Waals surface area contributed by atoms with Gasteiger partial charge in [0.2, 0.25) is 0 Å². The highest BCUT2D eigenvalue weighted by atomic mass is 32.2. The molecule has 1 N–H and O–H groups in total. The van der Waals surface area contributed by atoms with Crippen molar-refractivity contribution in [1.29, 1.82) is 0 Å². The average Bonchev–Trinajstić information content (AvgIpc) is 2.52. The molecule has 1 aromatic rings. The zero-order valence-electron chi connectivity index (χ0n) is 8.15. The molecule has 1 aromatic carbocycles. The summed E-state index contributed by atoms with van der Waals surface area (Å²) in [6, 6.07) is 5.76. The van der Waals surface area contributed by atoms with Crippen molar-refractivity contribution in [1.82, 2.24) is 0 Å². The summed E-state index contributed by atoms with van der Waals surface area (Å²) in [5, 5.41) is 13.7. The van der Waals surface area contributed by atoms with E-state index >= 15 is 0 Å². The Hall–Kier alpha value is -0.540. The summed E-state index contributed by atoms with van der Waals surface area (Å²) in [6.45, 7) is 4.18. The summed E-state index contributed by atoms with van der Waals surface area (Å²) in [4.78, 5) is 0. The lowest BCUT2D eigenvalue weighted by Crippen LogP contribution is -2.08. The van der Waals surface area contributed by atoms with Crippen LogP contribution in [0.2, 0.25) is 0 Å². The van der Waals surface area contributed by atoms with Gasteiger partial charge < -0.3 is 5.11 Å². The summed E-state index contributed by atoms with van der Waals surface area (Å²) in [7, 11) is 0. The number of phenolic OH excluding ortho intramolecular Hbond substituents is 1. The molecule has 0 spiro atoms. The van der Waals surface area contributed by atoms with Crippen molar-refractivity contribution in [3.05, 3.63) is 40.1 Å². The van der Waals surface area contributed by atoms with Gasteiger partial charge in [0.1, 0.15) is 5.75 Å². The Kier molecular flexibility index (Phi) is 2.54. The number of rotatable bonds is 1. The van der Waals surface area contributed by atoms with E-state index in [1.165, 1.54) is 5.56 Å². The number of benzene rings is 1. The predicted molar refractivity (Wildman–Crippen MR) is 64.5 cm³/mol. The fourth-order valence-corrected chi connectivity index (χ4v) is 3.53. The van der Waals surface area contributed by atoms with Crippen molar-refractivity contribution < 1.29 is 5.11 Å². The maximum absolute atomic E-state index is 9.53. The number of aryl methyl sites for hydroxylation is 1. The van der Waals surface area contributed by atoms with Crippen molar-refractivity contribution in [3.8, 4) is 5.75 Å². The monoisotopic (exact) mass is 224 g/mol. The van der Waals surface area contributed by atoms with Crippen molar-refractivity contribution >= 4 is 23.5 Å². The normalized spacial score (nSPS) is 18.7. The largest absolute Gasteiger partial charge is 0.508 e. The second kappa shape index (κ2) is 3.55. The van der Waals surface area contributed by atoms with Crippen LogP contribution in [0.5, 0.6) is 5.75 Å². The lowest BCUT2D eigenvalue weighted by Gasteiger charge is -2.22. The molecular formula is C11H12OS2. The third-order valence-electron chi connectivity index (χ3n) is 2.23. The molecule has 3 heteroatoms. The predicted octanol–water partition coefficient (Wildman–Crippen LogP) is 3.82. The molecule has 0 bridgehead atoms. The third kappa shape index (κ3) is 1.79. The average molecular weight is 224 g/mol. The molecule has 0 saturated heterocycles. The van der Waals surface area contributed by atoms with E-state index in [1.54, 1.807) is 29.6 Å². The standard InChI is InChI=1S/C11H12OS2/c1-8-5-9(7-10(12)6-8)11(2)13-3-4-14-11/h3-7,12H,1-2H3. The van der Waals surface area contributed by atoms with Gasteiger partial charge in [0.25, 0.3) is 0 Å². The van der Waals surface area contributed by atoms with Crippen LogP contribution < -0.4 is 0 Å². The van der Waals surface area contributed by atoms with Gasteiger partial charge in [-0.3, -0.25) is 0 Å². The van der Waals surface area contributed by atoms with Gasteiger partial charge in [-0.2, -0.15) is 0 Å². The van der Waals surface area contributed by atoms with E-state index < -0.39 is 0 Å². The molecule has 0 amide bonds. The van der Waals surface area contributed by atoms with E-state index in [0.717, 1.165) is 5.56 Å². The fraction of sp³-hybridized carbons (Fsp3) is 0.273. The van der Waals surface area contributed by atoms with Crippen molar-refractivity contribution in [2.75, 3.05) is 0 Å². The summed E-state index contributed by atoms with van der Waals surface area (Å²) in [5.74, 6) is 0.356. The Morgan fingerprint density at radius 3 is 2.36 bits per heavy atom. The minimum absolute atomic E-state index is 0.0312. The Morgan fingerprint density at radius 2 is 1.79 bits per heavy atom. The zero-order valence-corrected chi connectivity index (χ0v) is 9.78. The number of phenols is 1. The first-order valence-corrected chi connectivity index (χ1v) is 6.18. The first kappa shape index (κ1) is 9.99. The Labute approximate surface area is 92.6 Å².